The van der Waals surface area contributed by atoms with E-state index in [1.807, 2.05) is 0 Å². The first-order valence-electron chi connectivity index (χ1n) is 5.89. The molecule has 1 rings (SSSR count). The molecule has 8 nitrogen and oxygen atoms in total. The van der Waals surface area contributed by atoms with Crippen LogP contribution in [0.15, 0.2) is 18.2 Å². The van der Waals surface area contributed by atoms with Crippen LogP contribution in [0.2, 0.25) is 0 Å². The summed E-state index contributed by atoms with van der Waals surface area (Å²) in [6.45, 7) is 0. The molecule has 20 heavy (non-hydrogen) atoms. The van der Waals surface area contributed by atoms with Crippen LogP contribution in [0.25, 0.3) is 0 Å². The summed E-state index contributed by atoms with van der Waals surface area (Å²) >= 11 is 0. The second kappa shape index (κ2) is 7.07. The van der Waals surface area contributed by atoms with Gasteiger partial charge in [-0.3, -0.25) is 19.7 Å². The molecule has 1 aromatic carbocycles. The van der Waals surface area contributed by atoms with E-state index in [1.165, 1.54) is 12.1 Å². The summed E-state index contributed by atoms with van der Waals surface area (Å²) in [4.78, 5) is 31.6. The number of nitrogens with zero attached hydrogens (tertiary/aromatic N) is 1. The van der Waals surface area contributed by atoms with Crippen LogP contribution in [-0.2, 0) is 9.59 Å². The van der Waals surface area contributed by atoms with Crippen molar-refractivity contribution < 1.29 is 24.7 Å². The molecule has 0 aliphatic heterocycles. The number of hydrogen-bond donors (Lipinski definition) is 3. The van der Waals surface area contributed by atoms with E-state index in [4.69, 9.17) is 5.11 Å². The quantitative estimate of drug-likeness (QED) is 0.303. The number of benzene rings is 1. The molecule has 3 N–H and O–H groups in total. The Hall–Kier alpha value is -2.64. The number of phenols is 1. The minimum atomic E-state index is -0.918. The number of non-ortho nitro benzene ring substituents is 1. The maximum Gasteiger partial charge on any atom is 0.303 e. The van der Waals surface area contributed by atoms with Gasteiger partial charge in [-0.25, -0.2) is 0 Å². The Morgan fingerprint density at radius 2 is 1.90 bits per heavy atom. The van der Waals surface area contributed by atoms with E-state index < -0.39 is 16.6 Å². The molecule has 0 saturated heterocycles. The van der Waals surface area contributed by atoms with Gasteiger partial charge in [0.05, 0.1) is 16.7 Å². The van der Waals surface area contributed by atoms with Gasteiger partial charge in [-0.15, -0.1) is 0 Å². The lowest BCUT2D eigenvalue weighted by Gasteiger charge is -2.06. The van der Waals surface area contributed by atoms with Crippen molar-refractivity contribution >= 4 is 23.3 Å². The van der Waals surface area contributed by atoms with E-state index >= 15 is 0 Å². The van der Waals surface area contributed by atoms with Gasteiger partial charge in [0, 0.05) is 18.9 Å². The number of carboxylic acid groups (broad SMARTS) is 1. The standard InChI is InChI=1S/C12H14N2O6/c15-10-7-8(14(19)20)5-6-9(10)13-11(16)3-1-2-4-12(17)18/h5-7,15H,1-4H2,(H,13,16)(H,17,18). The minimum absolute atomic E-state index is 0.00391. The van der Waals surface area contributed by atoms with Crippen molar-refractivity contribution in [2.75, 3.05) is 5.32 Å². The van der Waals surface area contributed by atoms with E-state index in [9.17, 15) is 24.8 Å². The summed E-state index contributed by atoms with van der Waals surface area (Å²) in [6, 6.07) is 3.35. The SMILES string of the molecule is O=C(O)CCCCC(=O)Nc1ccc([N+](=O)[O-])cc1O. The minimum Gasteiger partial charge on any atom is -0.506 e. The number of anilines is 1. The number of rotatable bonds is 7. The normalized spacial score (nSPS) is 10.0. The number of nitrogens with one attached hydrogen (secondary N) is 1. The molecular formula is C12H14N2O6. The highest BCUT2D eigenvalue weighted by atomic mass is 16.6. The van der Waals surface area contributed by atoms with Crippen LogP contribution < -0.4 is 5.32 Å². The van der Waals surface area contributed by atoms with Gasteiger partial charge in [-0.1, -0.05) is 0 Å². The Morgan fingerprint density at radius 3 is 2.45 bits per heavy atom. The number of nitro groups is 1. The highest BCUT2D eigenvalue weighted by Gasteiger charge is 2.12. The van der Waals surface area contributed by atoms with Crippen LogP contribution in [0.5, 0.6) is 5.75 Å². The molecule has 0 fully saturated rings. The Morgan fingerprint density at radius 1 is 1.25 bits per heavy atom. The average molecular weight is 282 g/mol. The van der Waals surface area contributed by atoms with Gasteiger partial charge in [0.2, 0.25) is 5.91 Å². The number of carboxylic acids is 1. The lowest BCUT2D eigenvalue weighted by atomic mass is 10.2. The van der Waals surface area contributed by atoms with Crippen molar-refractivity contribution in [3.8, 4) is 5.75 Å². The summed E-state index contributed by atoms with van der Waals surface area (Å²) in [7, 11) is 0. The zero-order valence-electron chi connectivity index (χ0n) is 10.5. The third kappa shape index (κ3) is 4.92. The van der Waals surface area contributed by atoms with Crippen molar-refractivity contribution in [3.63, 3.8) is 0 Å². The molecule has 0 aliphatic rings. The lowest BCUT2D eigenvalue weighted by molar-refractivity contribution is -0.384. The van der Waals surface area contributed by atoms with Crippen LogP contribution in [0.4, 0.5) is 11.4 Å². The summed E-state index contributed by atoms with van der Waals surface area (Å²) in [6.07, 6.45) is 0.903. The van der Waals surface area contributed by atoms with Crippen LogP contribution in [0, 0.1) is 10.1 Å². The van der Waals surface area contributed by atoms with Crippen LogP contribution in [-0.4, -0.2) is 27.0 Å². The highest BCUT2D eigenvalue weighted by Crippen LogP contribution is 2.27. The zero-order chi connectivity index (χ0) is 15.1. The van der Waals surface area contributed by atoms with Crippen molar-refractivity contribution in [3.05, 3.63) is 28.3 Å². The van der Waals surface area contributed by atoms with Gasteiger partial charge < -0.3 is 15.5 Å². The third-order valence-electron chi connectivity index (χ3n) is 2.51. The fraction of sp³-hybridized carbons (Fsp3) is 0.333. The van der Waals surface area contributed by atoms with E-state index in [0.717, 1.165) is 6.07 Å². The van der Waals surface area contributed by atoms with Crippen LogP contribution in [0.1, 0.15) is 25.7 Å². The molecule has 8 heteroatoms. The second-order valence-corrected chi connectivity index (χ2v) is 4.11. The van der Waals surface area contributed by atoms with E-state index in [0.29, 0.717) is 12.8 Å². The van der Waals surface area contributed by atoms with Gasteiger partial charge in [-0.2, -0.15) is 0 Å². The van der Waals surface area contributed by atoms with Crippen molar-refractivity contribution in [2.24, 2.45) is 0 Å². The fourth-order valence-electron chi connectivity index (χ4n) is 1.51. The predicted molar refractivity (Wildman–Crippen MR) is 69.5 cm³/mol. The molecule has 108 valence electrons. The largest absolute Gasteiger partial charge is 0.506 e. The van der Waals surface area contributed by atoms with Crippen molar-refractivity contribution in [2.45, 2.75) is 25.7 Å². The molecule has 0 unspecified atom stereocenters. The summed E-state index contributed by atoms with van der Waals surface area (Å²) < 4.78 is 0. The van der Waals surface area contributed by atoms with Gasteiger partial charge in [0.15, 0.2) is 0 Å². The van der Waals surface area contributed by atoms with Crippen molar-refractivity contribution in [1.82, 2.24) is 0 Å². The molecule has 1 amide bonds. The Balaban J connectivity index is 2.50. The number of phenolic OH excluding ortho intramolecular Hbond substituents is 1. The first-order valence-corrected chi connectivity index (χ1v) is 5.89. The topological polar surface area (TPSA) is 130 Å². The van der Waals surface area contributed by atoms with E-state index in [1.54, 1.807) is 0 Å². The highest BCUT2D eigenvalue weighted by molar-refractivity contribution is 5.92. The molecule has 0 saturated carbocycles. The fourth-order valence-corrected chi connectivity index (χ4v) is 1.51. The number of unbranched alkanes of at least 4 members (excludes halogenated alkanes) is 1. The van der Waals surface area contributed by atoms with Crippen LogP contribution >= 0.6 is 0 Å². The average Bonchev–Trinajstić information content (AvgIpc) is 2.36. The van der Waals surface area contributed by atoms with E-state index in [2.05, 4.69) is 5.32 Å². The first kappa shape index (κ1) is 15.4. The molecule has 0 aliphatic carbocycles. The Kier molecular flexibility index (Phi) is 5.45. The number of amides is 1. The van der Waals surface area contributed by atoms with E-state index in [-0.39, 0.29) is 30.1 Å². The maximum atomic E-state index is 11.5. The number of carbonyl (C=O) groups is 2. The smallest absolute Gasteiger partial charge is 0.303 e. The van der Waals surface area contributed by atoms with Crippen molar-refractivity contribution in [1.29, 1.82) is 0 Å². The zero-order valence-corrected chi connectivity index (χ0v) is 10.5. The molecular weight excluding hydrogens is 268 g/mol. The third-order valence-corrected chi connectivity index (χ3v) is 2.51. The van der Waals surface area contributed by atoms with Gasteiger partial charge >= 0.3 is 5.97 Å². The lowest BCUT2D eigenvalue weighted by Crippen LogP contribution is -2.11. The molecule has 0 atom stereocenters. The van der Waals surface area contributed by atoms with Gasteiger partial charge in [0.25, 0.3) is 5.69 Å². The molecule has 0 bridgehead atoms. The summed E-state index contributed by atoms with van der Waals surface area (Å²) in [5.41, 5.74) is -0.194. The van der Waals surface area contributed by atoms with Gasteiger partial charge in [0.1, 0.15) is 5.75 Å². The number of nitro benzene ring substituents is 1. The molecule has 0 radical (unpaired) electrons. The number of aromatic hydroxyl groups is 1. The molecule has 0 spiro atoms. The summed E-state index contributed by atoms with van der Waals surface area (Å²) in [5.74, 6) is -1.70. The Bertz CT molecular complexity index is 529. The van der Waals surface area contributed by atoms with Crippen LogP contribution in [0.3, 0.4) is 0 Å². The number of hydrogen-bond acceptors (Lipinski definition) is 5. The maximum absolute atomic E-state index is 11.5. The molecule has 0 heterocycles. The second-order valence-electron chi connectivity index (χ2n) is 4.11. The molecule has 0 aromatic heterocycles. The first-order chi connectivity index (χ1) is 9.40. The monoisotopic (exact) mass is 282 g/mol. The summed E-state index contributed by atoms with van der Waals surface area (Å²) in [5, 5.41) is 30.8. The Labute approximate surface area is 114 Å². The number of aliphatic carboxylic acids is 1. The predicted octanol–water partition coefficient (Wildman–Crippen LogP) is 1.88. The molecule has 1 aromatic rings. The van der Waals surface area contributed by atoms with Gasteiger partial charge in [-0.05, 0) is 18.9 Å². The number of carbonyl (C=O) groups excluding carboxylic acids is 1.